The fourth-order valence-electron chi connectivity index (χ4n) is 9.26. The third-order valence-electron chi connectivity index (χ3n) is 11.9. The summed E-state index contributed by atoms with van der Waals surface area (Å²) in [5, 5.41) is 6.80. The summed E-state index contributed by atoms with van der Waals surface area (Å²) < 4.78 is 16.2. The highest BCUT2D eigenvalue weighted by atomic mass is 32.1. The summed E-state index contributed by atoms with van der Waals surface area (Å²) in [7, 11) is 0. The molecule has 0 radical (unpaired) electrons. The number of hydrogen-bond acceptors (Lipinski definition) is 4. The minimum Gasteiger partial charge on any atom is -0.456 e. The molecule has 0 saturated heterocycles. The van der Waals surface area contributed by atoms with E-state index >= 15 is 0 Å². The lowest BCUT2D eigenvalue weighted by atomic mass is 9.82. The number of hydrogen-bond donors (Lipinski definition) is 0. The van der Waals surface area contributed by atoms with Crippen LogP contribution < -0.4 is 4.90 Å². The van der Waals surface area contributed by atoms with Gasteiger partial charge in [0.1, 0.15) is 22.4 Å². The van der Waals surface area contributed by atoms with Crippen LogP contribution >= 0.6 is 11.3 Å². The largest absolute Gasteiger partial charge is 0.456 e. The second kappa shape index (κ2) is 11.2. The van der Waals surface area contributed by atoms with E-state index in [0.29, 0.717) is 0 Å². The molecule has 0 fully saturated rings. The smallest absolute Gasteiger partial charge is 0.160 e. The van der Waals surface area contributed by atoms with E-state index in [1.807, 2.05) is 23.5 Å². The molecule has 3 nitrogen and oxygen atoms in total. The fourth-order valence-corrected chi connectivity index (χ4v) is 10.5. The van der Waals surface area contributed by atoms with Crippen LogP contribution in [0.5, 0.6) is 0 Å². The highest BCUT2D eigenvalue weighted by Gasteiger charge is 2.36. The van der Waals surface area contributed by atoms with Gasteiger partial charge < -0.3 is 13.7 Å². The molecule has 0 atom stereocenters. The quantitative estimate of drug-likeness (QED) is 0.181. The lowest BCUT2D eigenvalue weighted by Gasteiger charge is -2.29. The summed E-state index contributed by atoms with van der Waals surface area (Å²) in [5.74, 6) is 0. The average Bonchev–Trinajstić information content (AvgIpc) is 3.96. The number of thiophene rings is 1. The molecule has 0 aliphatic heterocycles. The molecule has 8 aromatic carbocycles. The molecule has 4 heteroatoms. The second-order valence-electron chi connectivity index (χ2n) is 15.2. The van der Waals surface area contributed by atoms with Crippen LogP contribution in [-0.2, 0) is 5.41 Å². The Labute approximate surface area is 321 Å². The summed E-state index contributed by atoms with van der Waals surface area (Å²) in [5.41, 5.74) is 14.0. The van der Waals surface area contributed by atoms with Crippen molar-refractivity contribution in [2.75, 3.05) is 4.90 Å². The lowest BCUT2D eigenvalue weighted by Crippen LogP contribution is -2.16. The van der Waals surface area contributed by atoms with Gasteiger partial charge in [0.2, 0.25) is 0 Å². The Hall–Kier alpha value is -6.62. The number of rotatable bonds is 4. The van der Waals surface area contributed by atoms with Gasteiger partial charge in [-0.3, -0.25) is 0 Å². The van der Waals surface area contributed by atoms with Gasteiger partial charge >= 0.3 is 0 Å². The zero-order valence-electron chi connectivity index (χ0n) is 30.3. The molecule has 0 amide bonds. The lowest BCUT2D eigenvalue weighted by molar-refractivity contribution is 0.660. The molecule has 12 rings (SSSR count). The van der Waals surface area contributed by atoms with Crippen molar-refractivity contribution in [1.82, 2.24) is 0 Å². The number of benzene rings is 8. The Kier molecular flexibility index (Phi) is 6.27. The predicted molar refractivity (Wildman–Crippen MR) is 232 cm³/mol. The number of anilines is 3. The maximum absolute atomic E-state index is 6.91. The van der Waals surface area contributed by atoms with Gasteiger partial charge in [0.25, 0.3) is 0 Å². The van der Waals surface area contributed by atoms with E-state index in [1.54, 1.807) is 0 Å². The minimum absolute atomic E-state index is 0.163. The zero-order valence-corrected chi connectivity index (χ0v) is 31.1. The van der Waals surface area contributed by atoms with E-state index in [9.17, 15) is 0 Å². The number of fused-ring (bicyclic) bond motifs is 12. The monoisotopic (exact) mass is 723 g/mol. The van der Waals surface area contributed by atoms with Gasteiger partial charge in [0.15, 0.2) is 5.58 Å². The molecule has 0 unspecified atom stereocenters. The second-order valence-corrected chi connectivity index (χ2v) is 16.3. The Morgan fingerprint density at radius 2 is 1.13 bits per heavy atom. The SMILES string of the molecule is CC1(C)c2ccccc2-c2ccc(N(c3ccc(-c4cccc5c4sc4ccccc45)cc3)c3c4oc5ccccc5c4cc4oc5ccccc5c34)cc21. The average molecular weight is 724 g/mol. The number of para-hydroxylation sites is 2. The molecule has 11 aromatic rings. The Bertz CT molecular complexity index is 3350. The van der Waals surface area contributed by atoms with Gasteiger partial charge in [0, 0.05) is 53.1 Å². The van der Waals surface area contributed by atoms with Crippen molar-refractivity contribution < 1.29 is 8.83 Å². The Morgan fingerprint density at radius 1 is 0.473 bits per heavy atom. The summed E-state index contributed by atoms with van der Waals surface area (Å²) >= 11 is 1.87. The fraction of sp³-hybridized carbons (Fsp3) is 0.0588. The van der Waals surface area contributed by atoms with Gasteiger partial charge in [-0.2, -0.15) is 0 Å². The third-order valence-corrected chi connectivity index (χ3v) is 13.1. The van der Waals surface area contributed by atoms with Crippen LogP contribution in [-0.4, -0.2) is 0 Å². The molecule has 3 heterocycles. The Morgan fingerprint density at radius 3 is 1.98 bits per heavy atom. The van der Waals surface area contributed by atoms with Crippen molar-refractivity contribution in [2.24, 2.45) is 0 Å². The molecule has 1 aliphatic rings. The van der Waals surface area contributed by atoms with Gasteiger partial charge in [0.05, 0.1) is 5.39 Å². The summed E-state index contributed by atoms with van der Waals surface area (Å²) in [4.78, 5) is 2.40. The standard InChI is InChI=1S/C51H33NO2S/c1-51(2)41-18-7-3-12-34(41)35-27-26-32(28-42(35)51)52(31-24-22-30(23-25-31)33-16-11-17-38-37-14-6-10-21-46(37)55-50(33)38)48-47-39-15-5-9-20-44(39)53-45(47)29-40-36-13-4-8-19-43(36)54-49(40)48/h3-29H,1-2H3. The van der Waals surface area contributed by atoms with Crippen molar-refractivity contribution in [3.8, 4) is 22.3 Å². The van der Waals surface area contributed by atoms with Crippen molar-refractivity contribution in [3.05, 3.63) is 175 Å². The van der Waals surface area contributed by atoms with E-state index in [2.05, 4.69) is 170 Å². The molecule has 0 spiro atoms. The van der Waals surface area contributed by atoms with Crippen LogP contribution in [0, 0.1) is 0 Å². The summed E-state index contributed by atoms with van der Waals surface area (Å²) in [6.07, 6.45) is 0. The first-order chi connectivity index (χ1) is 27.0. The van der Waals surface area contributed by atoms with Gasteiger partial charge in [-0.1, -0.05) is 129 Å². The topological polar surface area (TPSA) is 29.5 Å². The number of nitrogens with zero attached hydrogens (tertiary/aromatic N) is 1. The van der Waals surface area contributed by atoms with E-state index in [0.717, 1.165) is 60.9 Å². The van der Waals surface area contributed by atoms with Crippen LogP contribution in [0.1, 0.15) is 25.0 Å². The highest BCUT2D eigenvalue weighted by molar-refractivity contribution is 7.26. The molecule has 55 heavy (non-hydrogen) atoms. The minimum atomic E-state index is -0.163. The van der Waals surface area contributed by atoms with Crippen molar-refractivity contribution in [3.63, 3.8) is 0 Å². The molecule has 1 aliphatic carbocycles. The maximum atomic E-state index is 6.91. The van der Waals surface area contributed by atoms with E-state index in [4.69, 9.17) is 8.83 Å². The van der Waals surface area contributed by atoms with Gasteiger partial charge in [-0.25, -0.2) is 0 Å². The molecule has 260 valence electrons. The first-order valence-corrected chi connectivity index (χ1v) is 19.7. The van der Waals surface area contributed by atoms with E-state index < -0.39 is 0 Å². The highest BCUT2D eigenvalue weighted by Crippen LogP contribution is 2.53. The van der Waals surface area contributed by atoms with Crippen LogP contribution in [0.4, 0.5) is 17.1 Å². The first kappa shape index (κ1) is 30.8. The molecular formula is C51H33NO2S. The van der Waals surface area contributed by atoms with Crippen LogP contribution in [0.3, 0.4) is 0 Å². The summed E-state index contributed by atoms with van der Waals surface area (Å²) in [6, 6.07) is 59.1. The first-order valence-electron chi connectivity index (χ1n) is 18.8. The molecular weight excluding hydrogens is 691 g/mol. The van der Waals surface area contributed by atoms with Crippen molar-refractivity contribution in [1.29, 1.82) is 0 Å². The van der Waals surface area contributed by atoms with Gasteiger partial charge in [-0.15, -0.1) is 11.3 Å². The Balaban J connectivity index is 1.14. The normalized spacial score (nSPS) is 13.4. The third kappa shape index (κ3) is 4.31. The molecule has 0 bridgehead atoms. The van der Waals surface area contributed by atoms with Crippen LogP contribution in [0.25, 0.3) is 86.3 Å². The van der Waals surface area contributed by atoms with Crippen molar-refractivity contribution >= 4 is 92.4 Å². The molecule has 0 saturated carbocycles. The van der Waals surface area contributed by atoms with Crippen LogP contribution in [0.15, 0.2) is 173 Å². The molecule has 0 N–H and O–H groups in total. The summed E-state index contributed by atoms with van der Waals surface area (Å²) in [6.45, 7) is 4.69. The zero-order chi connectivity index (χ0) is 36.4. The predicted octanol–water partition coefficient (Wildman–Crippen LogP) is 15.3. The van der Waals surface area contributed by atoms with E-state index in [1.165, 1.54) is 53.6 Å². The number of furan rings is 2. The van der Waals surface area contributed by atoms with Gasteiger partial charge in [-0.05, 0) is 81.9 Å². The molecule has 3 aromatic heterocycles. The van der Waals surface area contributed by atoms with Crippen LogP contribution in [0.2, 0.25) is 0 Å². The maximum Gasteiger partial charge on any atom is 0.160 e. The van der Waals surface area contributed by atoms with E-state index in [-0.39, 0.29) is 5.41 Å². The van der Waals surface area contributed by atoms with Crippen molar-refractivity contribution in [2.45, 2.75) is 19.3 Å².